The first-order valence-electron chi connectivity index (χ1n) is 6.70. The molecule has 0 bridgehead atoms. The molecule has 1 rings (SSSR count). The van der Waals surface area contributed by atoms with Crippen molar-refractivity contribution in [2.75, 3.05) is 32.1 Å². The SMILES string of the molecule is CCC1(CNC(=NC)NCCSC)CCCC1. The number of guanidine groups is 1. The maximum atomic E-state index is 4.27. The minimum Gasteiger partial charge on any atom is -0.356 e. The molecule has 1 aliphatic carbocycles. The molecule has 2 N–H and O–H groups in total. The molecule has 0 heterocycles. The molecule has 0 atom stereocenters. The molecule has 0 aromatic heterocycles. The standard InChI is InChI=1S/C13H27N3S/c1-4-13(7-5-6-8-13)11-16-12(14-2)15-9-10-17-3/h4-11H2,1-3H3,(H2,14,15,16). The van der Waals surface area contributed by atoms with Crippen molar-refractivity contribution in [2.45, 2.75) is 39.0 Å². The Balaban J connectivity index is 2.31. The molecule has 0 aliphatic heterocycles. The third kappa shape index (κ3) is 4.78. The molecule has 1 saturated carbocycles. The van der Waals surface area contributed by atoms with Crippen molar-refractivity contribution in [1.29, 1.82) is 0 Å². The number of nitrogens with zero attached hydrogens (tertiary/aromatic N) is 1. The van der Waals surface area contributed by atoms with Gasteiger partial charge in [-0.1, -0.05) is 19.8 Å². The zero-order valence-electron chi connectivity index (χ0n) is 11.5. The first-order chi connectivity index (χ1) is 8.26. The van der Waals surface area contributed by atoms with E-state index in [1.54, 1.807) is 0 Å². The average Bonchev–Trinajstić information content (AvgIpc) is 2.83. The quantitative estimate of drug-likeness (QED) is 0.436. The Morgan fingerprint density at radius 2 is 2.00 bits per heavy atom. The van der Waals surface area contributed by atoms with Crippen LogP contribution in [0.3, 0.4) is 0 Å². The van der Waals surface area contributed by atoms with Gasteiger partial charge in [-0.2, -0.15) is 11.8 Å². The van der Waals surface area contributed by atoms with Crippen LogP contribution in [0.5, 0.6) is 0 Å². The number of rotatable bonds is 6. The molecular weight excluding hydrogens is 230 g/mol. The number of nitrogens with one attached hydrogen (secondary N) is 2. The van der Waals surface area contributed by atoms with Crippen LogP contribution in [0.25, 0.3) is 0 Å². The summed E-state index contributed by atoms with van der Waals surface area (Å²) in [5.41, 5.74) is 0.525. The largest absolute Gasteiger partial charge is 0.356 e. The van der Waals surface area contributed by atoms with Gasteiger partial charge in [0.25, 0.3) is 0 Å². The summed E-state index contributed by atoms with van der Waals surface area (Å²) < 4.78 is 0. The highest BCUT2D eigenvalue weighted by atomic mass is 32.2. The monoisotopic (exact) mass is 257 g/mol. The lowest BCUT2D eigenvalue weighted by atomic mass is 9.83. The second-order valence-corrected chi connectivity index (χ2v) is 5.89. The van der Waals surface area contributed by atoms with E-state index in [-0.39, 0.29) is 0 Å². The van der Waals surface area contributed by atoms with Gasteiger partial charge in [-0.15, -0.1) is 0 Å². The molecule has 0 unspecified atom stereocenters. The van der Waals surface area contributed by atoms with Crippen LogP contribution in [-0.2, 0) is 0 Å². The smallest absolute Gasteiger partial charge is 0.191 e. The van der Waals surface area contributed by atoms with Crippen molar-refractivity contribution in [1.82, 2.24) is 10.6 Å². The van der Waals surface area contributed by atoms with E-state index < -0.39 is 0 Å². The van der Waals surface area contributed by atoms with E-state index in [1.807, 2.05) is 18.8 Å². The molecule has 1 aliphatic rings. The molecule has 0 spiro atoms. The molecule has 0 saturated heterocycles. The fraction of sp³-hybridized carbons (Fsp3) is 0.923. The lowest BCUT2D eigenvalue weighted by Crippen LogP contribution is -2.43. The van der Waals surface area contributed by atoms with Crippen molar-refractivity contribution >= 4 is 17.7 Å². The van der Waals surface area contributed by atoms with Crippen LogP contribution >= 0.6 is 11.8 Å². The lowest BCUT2D eigenvalue weighted by molar-refractivity contribution is 0.283. The van der Waals surface area contributed by atoms with Crippen molar-refractivity contribution in [3.8, 4) is 0 Å². The number of aliphatic imine (C=N–C) groups is 1. The normalized spacial score (nSPS) is 19.4. The Morgan fingerprint density at radius 1 is 1.29 bits per heavy atom. The zero-order valence-corrected chi connectivity index (χ0v) is 12.3. The van der Waals surface area contributed by atoms with Crippen LogP contribution < -0.4 is 10.6 Å². The maximum absolute atomic E-state index is 4.27. The predicted molar refractivity (Wildman–Crippen MR) is 78.9 cm³/mol. The minimum atomic E-state index is 0.525. The zero-order chi connectivity index (χ0) is 12.6. The van der Waals surface area contributed by atoms with Crippen LogP contribution in [-0.4, -0.2) is 38.1 Å². The molecule has 0 radical (unpaired) electrons. The first-order valence-corrected chi connectivity index (χ1v) is 8.09. The van der Waals surface area contributed by atoms with Crippen LogP contribution in [0.4, 0.5) is 0 Å². The summed E-state index contributed by atoms with van der Waals surface area (Å²) in [7, 11) is 1.85. The van der Waals surface area contributed by atoms with Gasteiger partial charge in [-0.05, 0) is 30.9 Å². The third-order valence-corrected chi connectivity index (χ3v) is 4.48. The Kier molecular flexibility index (Phi) is 6.78. The lowest BCUT2D eigenvalue weighted by Gasteiger charge is -2.28. The van der Waals surface area contributed by atoms with E-state index >= 15 is 0 Å². The summed E-state index contributed by atoms with van der Waals surface area (Å²) in [6.45, 7) is 4.37. The van der Waals surface area contributed by atoms with Crippen LogP contribution in [0.1, 0.15) is 39.0 Å². The van der Waals surface area contributed by atoms with E-state index in [0.29, 0.717) is 5.41 Å². The van der Waals surface area contributed by atoms with Gasteiger partial charge < -0.3 is 10.6 Å². The van der Waals surface area contributed by atoms with Crippen molar-refractivity contribution in [3.63, 3.8) is 0 Å². The summed E-state index contributed by atoms with van der Waals surface area (Å²) >= 11 is 1.86. The summed E-state index contributed by atoms with van der Waals surface area (Å²) in [5.74, 6) is 2.08. The molecule has 1 fully saturated rings. The molecule has 0 amide bonds. The van der Waals surface area contributed by atoms with Gasteiger partial charge in [0.15, 0.2) is 5.96 Å². The minimum absolute atomic E-state index is 0.525. The fourth-order valence-electron chi connectivity index (χ4n) is 2.54. The summed E-state index contributed by atoms with van der Waals surface area (Å²) in [4.78, 5) is 4.27. The second kappa shape index (κ2) is 7.85. The van der Waals surface area contributed by atoms with E-state index in [2.05, 4.69) is 28.8 Å². The number of hydrogen-bond donors (Lipinski definition) is 2. The predicted octanol–water partition coefficient (Wildman–Crippen LogP) is 2.48. The van der Waals surface area contributed by atoms with Crippen LogP contribution in [0, 0.1) is 5.41 Å². The number of thioether (sulfide) groups is 1. The fourth-order valence-corrected chi connectivity index (χ4v) is 2.85. The van der Waals surface area contributed by atoms with Crippen molar-refractivity contribution in [2.24, 2.45) is 10.4 Å². The van der Waals surface area contributed by atoms with Crippen LogP contribution in [0.15, 0.2) is 4.99 Å². The van der Waals surface area contributed by atoms with Gasteiger partial charge >= 0.3 is 0 Å². The Hall–Kier alpha value is -0.380. The van der Waals surface area contributed by atoms with Gasteiger partial charge in [-0.3, -0.25) is 4.99 Å². The van der Waals surface area contributed by atoms with Gasteiger partial charge in [0.1, 0.15) is 0 Å². The third-order valence-electron chi connectivity index (χ3n) is 3.87. The average molecular weight is 257 g/mol. The van der Waals surface area contributed by atoms with Gasteiger partial charge in [-0.25, -0.2) is 0 Å². The summed E-state index contributed by atoms with van der Waals surface area (Å²) in [6.07, 6.45) is 8.95. The van der Waals surface area contributed by atoms with Gasteiger partial charge in [0, 0.05) is 25.9 Å². The highest BCUT2D eigenvalue weighted by molar-refractivity contribution is 7.98. The molecular formula is C13H27N3S. The Morgan fingerprint density at radius 3 is 2.53 bits per heavy atom. The van der Waals surface area contributed by atoms with E-state index in [9.17, 15) is 0 Å². The second-order valence-electron chi connectivity index (χ2n) is 4.91. The number of hydrogen-bond acceptors (Lipinski definition) is 2. The summed E-state index contributed by atoms with van der Waals surface area (Å²) in [5, 5.41) is 6.85. The highest BCUT2D eigenvalue weighted by Crippen LogP contribution is 2.40. The highest BCUT2D eigenvalue weighted by Gasteiger charge is 2.31. The molecule has 0 aromatic carbocycles. The molecule has 3 nitrogen and oxygen atoms in total. The van der Waals surface area contributed by atoms with E-state index in [0.717, 1.165) is 24.8 Å². The Bertz CT molecular complexity index is 235. The van der Waals surface area contributed by atoms with Crippen molar-refractivity contribution in [3.05, 3.63) is 0 Å². The first kappa shape index (κ1) is 14.7. The molecule has 4 heteroatoms. The molecule has 17 heavy (non-hydrogen) atoms. The van der Waals surface area contributed by atoms with E-state index in [1.165, 1.54) is 32.1 Å². The Labute approximate surface area is 110 Å². The summed E-state index contributed by atoms with van der Waals surface area (Å²) in [6, 6.07) is 0. The molecule has 0 aromatic rings. The van der Waals surface area contributed by atoms with Crippen molar-refractivity contribution < 1.29 is 0 Å². The van der Waals surface area contributed by atoms with Gasteiger partial charge in [0.05, 0.1) is 0 Å². The topological polar surface area (TPSA) is 36.4 Å². The maximum Gasteiger partial charge on any atom is 0.191 e. The van der Waals surface area contributed by atoms with E-state index in [4.69, 9.17) is 0 Å². The van der Waals surface area contributed by atoms with Crippen LogP contribution in [0.2, 0.25) is 0 Å². The molecule has 100 valence electrons. The van der Waals surface area contributed by atoms with Gasteiger partial charge in [0.2, 0.25) is 0 Å².